The zero-order valence-electron chi connectivity index (χ0n) is 22.6. The number of para-hydroxylation sites is 2. The molecule has 10 nitrogen and oxygen atoms in total. The van der Waals surface area contributed by atoms with Gasteiger partial charge in [0.2, 0.25) is 5.91 Å². The zero-order chi connectivity index (χ0) is 30.4. The molecule has 3 aromatic rings. The Morgan fingerprint density at radius 1 is 1.02 bits per heavy atom. The minimum atomic E-state index is -5.84. The number of amides is 2. The van der Waals surface area contributed by atoms with E-state index in [1.165, 1.54) is 25.4 Å². The van der Waals surface area contributed by atoms with Crippen molar-refractivity contribution in [2.24, 2.45) is 11.8 Å². The number of aliphatic hydroxyl groups excluding tert-OH is 1. The van der Waals surface area contributed by atoms with Crippen molar-refractivity contribution in [3.8, 4) is 5.75 Å². The Labute approximate surface area is 235 Å². The number of aliphatic hydroxyl groups is 1. The maximum atomic E-state index is 13.2. The molecule has 0 aliphatic rings. The summed E-state index contributed by atoms with van der Waals surface area (Å²) in [6, 6.07) is 10.7. The first-order valence-corrected chi connectivity index (χ1v) is 14.1. The Balaban J connectivity index is 1.85. The van der Waals surface area contributed by atoms with E-state index >= 15 is 0 Å². The lowest BCUT2D eigenvalue weighted by Gasteiger charge is -2.28. The van der Waals surface area contributed by atoms with E-state index in [0.717, 1.165) is 12.1 Å². The van der Waals surface area contributed by atoms with Crippen molar-refractivity contribution in [2.45, 2.75) is 50.8 Å². The molecule has 3 rings (SSSR count). The fourth-order valence-electron chi connectivity index (χ4n) is 4.24. The normalized spacial score (nSPS) is 14.3. The van der Waals surface area contributed by atoms with Gasteiger partial charge in [0.15, 0.2) is 0 Å². The summed E-state index contributed by atoms with van der Waals surface area (Å²) in [5, 5.41) is 16.5. The molecule has 0 fully saturated rings. The molecule has 0 unspecified atom stereocenters. The number of aromatic nitrogens is 2. The van der Waals surface area contributed by atoms with Gasteiger partial charge in [0.1, 0.15) is 11.4 Å². The fourth-order valence-corrected chi connectivity index (χ4v) is 4.70. The van der Waals surface area contributed by atoms with Crippen LogP contribution in [0.1, 0.15) is 42.7 Å². The van der Waals surface area contributed by atoms with Gasteiger partial charge in [0.05, 0.1) is 29.4 Å². The van der Waals surface area contributed by atoms with Crippen molar-refractivity contribution in [2.75, 3.05) is 7.05 Å². The number of hydrogen-bond acceptors (Lipinski definition) is 8. The summed E-state index contributed by atoms with van der Waals surface area (Å²) in [7, 11) is -4.36. The number of carbonyl (C=O) groups excluding carboxylic acids is 2. The number of rotatable bonds is 12. The molecule has 0 saturated heterocycles. The second-order valence-electron chi connectivity index (χ2n) is 9.90. The Morgan fingerprint density at radius 2 is 1.66 bits per heavy atom. The summed E-state index contributed by atoms with van der Waals surface area (Å²) in [6.07, 6.45) is 0.558. The maximum Gasteiger partial charge on any atom is 0.534 e. The first kappa shape index (κ1) is 31.7. The Morgan fingerprint density at radius 3 is 2.24 bits per heavy atom. The van der Waals surface area contributed by atoms with E-state index in [1.807, 2.05) is 13.8 Å². The molecule has 0 aliphatic carbocycles. The average molecular weight is 597 g/mol. The lowest BCUT2D eigenvalue weighted by molar-refractivity contribution is -0.126. The number of benzene rings is 2. The highest BCUT2D eigenvalue weighted by atomic mass is 32.2. The summed E-state index contributed by atoms with van der Waals surface area (Å²) in [5.41, 5.74) is -4.09. The van der Waals surface area contributed by atoms with E-state index in [9.17, 15) is 36.3 Å². The van der Waals surface area contributed by atoms with Crippen molar-refractivity contribution >= 4 is 33.0 Å². The van der Waals surface area contributed by atoms with E-state index in [0.29, 0.717) is 23.0 Å². The highest BCUT2D eigenvalue weighted by Crippen LogP contribution is 2.27. The van der Waals surface area contributed by atoms with Crippen LogP contribution in [0.5, 0.6) is 5.75 Å². The van der Waals surface area contributed by atoms with Gasteiger partial charge in [-0.3, -0.25) is 14.6 Å². The van der Waals surface area contributed by atoms with Crippen LogP contribution in [0.25, 0.3) is 11.0 Å². The van der Waals surface area contributed by atoms with Crippen molar-refractivity contribution in [1.82, 2.24) is 20.6 Å². The van der Waals surface area contributed by atoms with E-state index in [2.05, 4.69) is 24.8 Å². The lowest BCUT2D eigenvalue weighted by atomic mass is 9.87. The second kappa shape index (κ2) is 13.3. The summed E-state index contributed by atoms with van der Waals surface area (Å²) in [5.74, 6) is -1.88. The van der Waals surface area contributed by atoms with Gasteiger partial charge in [0, 0.05) is 13.0 Å². The quantitative estimate of drug-likeness (QED) is 0.213. The van der Waals surface area contributed by atoms with E-state index in [4.69, 9.17) is 0 Å². The van der Waals surface area contributed by atoms with Gasteiger partial charge in [0.25, 0.3) is 5.91 Å². The first-order chi connectivity index (χ1) is 19.2. The zero-order valence-corrected chi connectivity index (χ0v) is 23.4. The summed E-state index contributed by atoms with van der Waals surface area (Å²) >= 11 is 0. The fraction of sp³-hybridized carbons (Fsp3) is 0.407. The van der Waals surface area contributed by atoms with Crippen LogP contribution >= 0.6 is 0 Å². The second-order valence-corrected chi connectivity index (χ2v) is 11.4. The SMILES string of the molecule is CNC(=O)[C@H](CC(C)C)C[C@H](O)[C@H](Cc1ccc(OS(=O)(=O)C(F)(F)F)cc1)NC(=O)c1cnc2ccccc2n1. The van der Waals surface area contributed by atoms with Crippen LogP contribution in [0.4, 0.5) is 13.2 Å². The molecule has 0 bridgehead atoms. The van der Waals surface area contributed by atoms with Crippen LogP contribution in [0.15, 0.2) is 54.7 Å². The van der Waals surface area contributed by atoms with Gasteiger partial charge >= 0.3 is 15.6 Å². The molecule has 3 atom stereocenters. The molecular formula is C27H31F3N4O6S. The average Bonchev–Trinajstić information content (AvgIpc) is 2.91. The molecule has 0 aliphatic heterocycles. The van der Waals surface area contributed by atoms with Crippen LogP contribution in [-0.2, 0) is 21.3 Å². The van der Waals surface area contributed by atoms with Crippen molar-refractivity contribution in [1.29, 1.82) is 0 Å². The predicted octanol–water partition coefficient (Wildman–Crippen LogP) is 3.36. The number of nitrogens with one attached hydrogen (secondary N) is 2. The minimum absolute atomic E-state index is 0.00737. The third kappa shape index (κ3) is 8.60. The topological polar surface area (TPSA) is 148 Å². The van der Waals surface area contributed by atoms with Gasteiger partial charge in [-0.05, 0) is 55.0 Å². The molecule has 2 amide bonds. The molecule has 3 N–H and O–H groups in total. The van der Waals surface area contributed by atoms with Gasteiger partial charge in [-0.1, -0.05) is 38.1 Å². The molecule has 2 aromatic carbocycles. The number of nitrogens with zero attached hydrogens (tertiary/aromatic N) is 2. The summed E-state index contributed by atoms with van der Waals surface area (Å²) in [6.45, 7) is 3.87. The van der Waals surface area contributed by atoms with E-state index in [-0.39, 0.29) is 30.4 Å². The van der Waals surface area contributed by atoms with Gasteiger partial charge in [-0.25, -0.2) is 4.98 Å². The van der Waals surface area contributed by atoms with Gasteiger partial charge < -0.3 is 19.9 Å². The number of carbonyl (C=O) groups is 2. The lowest BCUT2D eigenvalue weighted by Crippen LogP contribution is -2.47. The smallest absolute Gasteiger partial charge is 0.391 e. The molecule has 41 heavy (non-hydrogen) atoms. The predicted molar refractivity (Wildman–Crippen MR) is 144 cm³/mol. The van der Waals surface area contributed by atoms with E-state index in [1.54, 1.807) is 24.3 Å². The molecule has 0 saturated carbocycles. The molecular weight excluding hydrogens is 565 g/mol. The molecule has 14 heteroatoms. The number of alkyl halides is 3. The monoisotopic (exact) mass is 596 g/mol. The maximum absolute atomic E-state index is 13.2. The van der Waals surface area contributed by atoms with Crippen LogP contribution in [-0.4, -0.2) is 60.0 Å². The number of fused-ring (bicyclic) bond motifs is 1. The third-order valence-electron chi connectivity index (χ3n) is 6.23. The highest BCUT2D eigenvalue weighted by molar-refractivity contribution is 7.88. The highest BCUT2D eigenvalue weighted by Gasteiger charge is 2.48. The Bertz CT molecular complexity index is 1470. The number of halogens is 3. The molecule has 1 heterocycles. The standard InChI is InChI=1S/C27H31F3N4O6S/c1-16(2)12-18(25(36)31-3)14-24(35)22(34-26(37)23-15-32-20-6-4-5-7-21(20)33-23)13-17-8-10-19(11-9-17)40-41(38,39)27(28,29)30/h4-11,15-16,18,22,24,35H,12-14H2,1-3H3,(H,31,36)(H,34,37)/t18-,22+,24+/m1/s1. The largest absolute Gasteiger partial charge is 0.534 e. The molecule has 0 radical (unpaired) electrons. The van der Waals surface area contributed by atoms with Crippen LogP contribution in [0, 0.1) is 11.8 Å². The molecule has 0 spiro atoms. The van der Waals surface area contributed by atoms with Crippen molar-refractivity contribution in [3.63, 3.8) is 0 Å². The molecule has 222 valence electrons. The van der Waals surface area contributed by atoms with Crippen molar-refractivity contribution in [3.05, 3.63) is 66.0 Å². The van der Waals surface area contributed by atoms with Crippen LogP contribution in [0.3, 0.4) is 0 Å². The third-order valence-corrected chi connectivity index (χ3v) is 7.21. The van der Waals surface area contributed by atoms with Crippen molar-refractivity contribution < 1.29 is 40.5 Å². The summed E-state index contributed by atoms with van der Waals surface area (Å²) in [4.78, 5) is 34.2. The van der Waals surface area contributed by atoms with Gasteiger partial charge in [-0.2, -0.15) is 21.6 Å². The molecule has 1 aromatic heterocycles. The van der Waals surface area contributed by atoms with Crippen LogP contribution < -0.4 is 14.8 Å². The number of hydrogen-bond donors (Lipinski definition) is 3. The van der Waals surface area contributed by atoms with E-state index < -0.39 is 45.3 Å². The minimum Gasteiger partial charge on any atom is -0.391 e. The van der Waals surface area contributed by atoms with Crippen LogP contribution in [0.2, 0.25) is 0 Å². The Hall–Kier alpha value is -3.78. The summed E-state index contributed by atoms with van der Waals surface area (Å²) < 4.78 is 64.7. The Kier molecular flexibility index (Phi) is 10.3. The van der Waals surface area contributed by atoms with Gasteiger partial charge in [-0.15, -0.1) is 0 Å². The first-order valence-electron chi connectivity index (χ1n) is 12.7.